The molecule has 72 valence electrons. The standard InChI is InChI=1S/C10H6ClF2N/c1-5-2-6-3-7(12)8(13)4-9(6)14-10(5)11/h2-4H,1H3. The first-order chi connectivity index (χ1) is 6.58. The van der Waals surface area contributed by atoms with Crippen molar-refractivity contribution in [1.82, 2.24) is 4.98 Å². The van der Waals surface area contributed by atoms with E-state index >= 15 is 0 Å². The van der Waals surface area contributed by atoms with Gasteiger partial charge in [0.1, 0.15) is 5.15 Å². The lowest BCUT2D eigenvalue weighted by atomic mass is 10.1. The third kappa shape index (κ3) is 1.44. The Kier molecular flexibility index (Phi) is 2.11. The van der Waals surface area contributed by atoms with Gasteiger partial charge in [0.15, 0.2) is 11.6 Å². The fraction of sp³-hybridized carbons (Fsp3) is 0.100. The molecule has 1 aromatic carbocycles. The average molecular weight is 214 g/mol. The molecule has 0 amide bonds. The number of halogens is 3. The van der Waals surface area contributed by atoms with Gasteiger partial charge in [-0.3, -0.25) is 0 Å². The van der Waals surface area contributed by atoms with E-state index in [1.54, 1.807) is 13.0 Å². The number of aryl methyl sites for hydroxylation is 1. The zero-order valence-corrected chi connectivity index (χ0v) is 8.07. The third-order valence-corrected chi connectivity index (χ3v) is 2.37. The molecule has 0 unspecified atom stereocenters. The van der Waals surface area contributed by atoms with E-state index in [9.17, 15) is 8.78 Å². The highest BCUT2D eigenvalue weighted by molar-refractivity contribution is 6.30. The second-order valence-corrected chi connectivity index (χ2v) is 3.41. The monoisotopic (exact) mass is 213 g/mol. The molecule has 0 N–H and O–H groups in total. The molecule has 0 fully saturated rings. The van der Waals surface area contributed by atoms with Crippen LogP contribution in [0.2, 0.25) is 5.15 Å². The van der Waals surface area contributed by atoms with Crippen molar-refractivity contribution >= 4 is 22.5 Å². The maximum atomic E-state index is 12.8. The van der Waals surface area contributed by atoms with Gasteiger partial charge >= 0.3 is 0 Å². The fourth-order valence-corrected chi connectivity index (χ4v) is 1.40. The molecule has 0 saturated carbocycles. The molecule has 1 heterocycles. The van der Waals surface area contributed by atoms with Crippen LogP contribution in [-0.2, 0) is 0 Å². The molecular weight excluding hydrogens is 208 g/mol. The molecule has 0 aliphatic carbocycles. The average Bonchev–Trinajstić information content (AvgIpc) is 2.11. The van der Waals surface area contributed by atoms with Crippen molar-refractivity contribution in [3.63, 3.8) is 0 Å². The Morgan fingerprint density at radius 3 is 2.50 bits per heavy atom. The van der Waals surface area contributed by atoms with Crippen LogP contribution < -0.4 is 0 Å². The molecule has 0 aliphatic rings. The van der Waals surface area contributed by atoms with E-state index in [0.717, 1.165) is 17.7 Å². The summed E-state index contributed by atoms with van der Waals surface area (Å²) in [5, 5.41) is 0.856. The minimum atomic E-state index is -0.912. The largest absolute Gasteiger partial charge is 0.236 e. The molecule has 1 nitrogen and oxygen atoms in total. The summed E-state index contributed by atoms with van der Waals surface area (Å²) in [7, 11) is 0. The SMILES string of the molecule is Cc1cc2cc(F)c(F)cc2nc1Cl. The summed E-state index contributed by atoms with van der Waals surface area (Å²) in [5.74, 6) is -1.79. The van der Waals surface area contributed by atoms with E-state index in [1.165, 1.54) is 0 Å². The van der Waals surface area contributed by atoms with E-state index in [-0.39, 0.29) is 0 Å². The Balaban J connectivity index is 2.83. The first kappa shape index (κ1) is 9.34. The summed E-state index contributed by atoms with van der Waals surface area (Å²) < 4.78 is 25.7. The Hall–Kier alpha value is -1.22. The minimum Gasteiger partial charge on any atom is -0.236 e. The number of benzene rings is 1. The predicted octanol–water partition coefficient (Wildman–Crippen LogP) is 3.47. The minimum absolute atomic E-state index is 0.309. The van der Waals surface area contributed by atoms with Crippen molar-refractivity contribution in [2.45, 2.75) is 6.92 Å². The van der Waals surface area contributed by atoms with Gasteiger partial charge in [-0.1, -0.05) is 11.6 Å². The van der Waals surface area contributed by atoms with Gasteiger partial charge in [0, 0.05) is 11.5 Å². The lowest BCUT2D eigenvalue weighted by molar-refractivity contribution is 0.510. The summed E-state index contributed by atoms with van der Waals surface area (Å²) in [6.45, 7) is 1.76. The maximum Gasteiger partial charge on any atom is 0.161 e. The molecular formula is C10H6ClF2N. The van der Waals surface area contributed by atoms with Crippen LogP contribution in [0.4, 0.5) is 8.78 Å². The highest BCUT2D eigenvalue weighted by Gasteiger charge is 2.06. The summed E-state index contributed by atoms with van der Waals surface area (Å²) in [5.41, 5.74) is 1.10. The van der Waals surface area contributed by atoms with Crippen LogP contribution in [-0.4, -0.2) is 4.98 Å². The summed E-state index contributed by atoms with van der Waals surface area (Å²) in [6.07, 6.45) is 0. The highest BCUT2D eigenvalue weighted by Crippen LogP contribution is 2.21. The number of nitrogens with zero attached hydrogens (tertiary/aromatic N) is 1. The van der Waals surface area contributed by atoms with Crippen molar-refractivity contribution in [3.8, 4) is 0 Å². The van der Waals surface area contributed by atoms with Crippen LogP contribution in [0.3, 0.4) is 0 Å². The molecule has 4 heteroatoms. The van der Waals surface area contributed by atoms with Gasteiger partial charge in [-0.2, -0.15) is 0 Å². The molecule has 0 aliphatic heterocycles. The number of hydrogen-bond donors (Lipinski definition) is 0. The Labute approximate surface area is 84.3 Å². The van der Waals surface area contributed by atoms with Gasteiger partial charge in [-0.25, -0.2) is 13.8 Å². The van der Waals surface area contributed by atoms with Gasteiger partial charge in [0.2, 0.25) is 0 Å². The van der Waals surface area contributed by atoms with Gasteiger partial charge in [0.25, 0.3) is 0 Å². The Morgan fingerprint density at radius 2 is 1.79 bits per heavy atom. The van der Waals surface area contributed by atoms with Crippen LogP contribution >= 0.6 is 11.6 Å². The van der Waals surface area contributed by atoms with Gasteiger partial charge in [0.05, 0.1) is 5.52 Å². The molecule has 2 rings (SSSR count). The van der Waals surface area contributed by atoms with Crippen molar-refractivity contribution in [2.75, 3.05) is 0 Å². The summed E-state index contributed by atoms with van der Waals surface area (Å²) >= 11 is 5.75. The van der Waals surface area contributed by atoms with Crippen LogP contribution in [0.1, 0.15) is 5.56 Å². The molecule has 1 aromatic heterocycles. The van der Waals surface area contributed by atoms with E-state index < -0.39 is 11.6 Å². The van der Waals surface area contributed by atoms with Gasteiger partial charge < -0.3 is 0 Å². The number of aromatic nitrogens is 1. The van der Waals surface area contributed by atoms with Crippen LogP contribution in [0.15, 0.2) is 18.2 Å². The fourth-order valence-electron chi connectivity index (χ4n) is 1.25. The van der Waals surface area contributed by atoms with E-state index in [4.69, 9.17) is 11.6 Å². The number of hydrogen-bond acceptors (Lipinski definition) is 1. The first-order valence-corrected chi connectivity index (χ1v) is 4.37. The van der Waals surface area contributed by atoms with Crippen LogP contribution in [0.25, 0.3) is 10.9 Å². The molecule has 2 aromatic rings. The zero-order chi connectivity index (χ0) is 10.3. The Morgan fingerprint density at radius 1 is 1.14 bits per heavy atom. The zero-order valence-electron chi connectivity index (χ0n) is 7.31. The van der Waals surface area contributed by atoms with Crippen molar-refractivity contribution in [1.29, 1.82) is 0 Å². The van der Waals surface area contributed by atoms with Crippen molar-refractivity contribution < 1.29 is 8.78 Å². The molecule has 0 spiro atoms. The highest BCUT2D eigenvalue weighted by atomic mass is 35.5. The topological polar surface area (TPSA) is 12.9 Å². The number of rotatable bonds is 0. The number of pyridine rings is 1. The van der Waals surface area contributed by atoms with Gasteiger partial charge in [-0.15, -0.1) is 0 Å². The second-order valence-electron chi connectivity index (χ2n) is 3.06. The molecule has 14 heavy (non-hydrogen) atoms. The quantitative estimate of drug-likeness (QED) is 0.611. The number of fused-ring (bicyclic) bond motifs is 1. The molecule has 0 atom stereocenters. The Bertz CT molecular complexity index is 422. The molecule has 0 bridgehead atoms. The van der Waals surface area contributed by atoms with Crippen LogP contribution in [0, 0.1) is 18.6 Å². The molecule has 0 saturated heterocycles. The van der Waals surface area contributed by atoms with Crippen LogP contribution in [0.5, 0.6) is 0 Å². The summed E-state index contributed by atoms with van der Waals surface area (Å²) in [6, 6.07) is 3.82. The third-order valence-electron chi connectivity index (χ3n) is 1.99. The molecule has 0 radical (unpaired) electrons. The van der Waals surface area contributed by atoms with E-state index in [2.05, 4.69) is 4.98 Å². The lowest BCUT2D eigenvalue weighted by Gasteiger charge is -2.02. The van der Waals surface area contributed by atoms with E-state index in [0.29, 0.717) is 16.1 Å². The maximum absolute atomic E-state index is 12.8. The predicted molar refractivity (Wildman–Crippen MR) is 51.4 cm³/mol. The smallest absolute Gasteiger partial charge is 0.161 e. The van der Waals surface area contributed by atoms with E-state index in [1.807, 2.05) is 0 Å². The van der Waals surface area contributed by atoms with Crippen molar-refractivity contribution in [3.05, 3.63) is 40.6 Å². The van der Waals surface area contributed by atoms with Crippen molar-refractivity contribution in [2.24, 2.45) is 0 Å². The van der Waals surface area contributed by atoms with Gasteiger partial charge in [-0.05, 0) is 24.6 Å². The second kappa shape index (κ2) is 3.17. The normalized spacial score (nSPS) is 10.9. The lowest BCUT2D eigenvalue weighted by Crippen LogP contribution is -1.89. The summed E-state index contributed by atoms with van der Waals surface area (Å²) in [4.78, 5) is 3.94. The first-order valence-electron chi connectivity index (χ1n) is 4.00.